The summed E-state index contributed by atoms with van der Waals surface area (Å²) in [4.78, 5) is 11.4. The molecule has 0 aromatic rings. The summed E-state index contributed by atoms with van der Waals surface area (Å²) < 4.78 is 0. The molecule has 2 N–H and O–H groups in total. The summed E-state index contributed by atoms with van der Waals surface area (Å²) in [6.07, 6.45) is 2.10. The topological polar surface area (TPSA) is 57.5 Å². The first kappa shape index (κ1) is 14.5. The number of carboxylic acids is 1. The van der Waals surface area contributed by atoms with Crippen molar-refractivity contribution in [2.24, 2.45) is 16.2 Å². The number of aliphatic hydroxyl groups is 1. The lowest BCUT2D eigenvalue weighted by molar-refractivity contribution is -0.185. The summed E-state index contributed by atoms with van der Waals surface area (Å²) in [5, 5.41) is 20.2. The molecule has 0 spiro atoms. The van der Waals surface area contributed by atoms with Crippen molar-refractivity contribution in [3.8, 4) is 0 Å². The van der Waals surface area contributed by atoms with Crippen molar-refractivity contribution >= 4 is 5.97 Å². The van der Waals surface area contributed by atoms with Gasteiger partial charge >= 0.3 is 5.97 Å². The van der Waals surface area contributed by atoms with Crippen LogP contribution >= 0.6 is 0 Å². The van der Waals surface area contributed by atoms with Crippen molar-refractivity contribution in [1.82, 2.24) is 0 Å². The molecule has 0 amide bonds. The second-order valence-electron chi connectivity index (χ2n) is 7.82. The lowest BCUT2D eigenvalue weighted by atomic mass is 9.53. The van der Waals surface area contributed by atoms with Gasteiger partial charge in [-0.1, -0.05) is 27.7 Å². The lowest BCUT2D eigenvalue weighted by Gasteiger charge is -2.54. The van der Waals surface area contributed by atoms with E-state index in [1.165, 1.54) is 0 Å². The monoisotopic (exact) mass is 242 g/mol. The van der Waals surface area contributed by atoms with E-state index in [-0.39, 0.29) is 10.8 Å². The van der Waals surface area contributed by atoms with Crippen LogP contribution in [0.3, 0.4) is 0 Å². The highest BCUT2D eigenvalue weighted by atomic mass is 16.4. The molecule has 100 valence electrons. The summed E-state index contributed by atoms with van der Waals surface area (Å²) >= 11 is 0. The molecule has 1 saturated carbocycles. The fourth-order valence-electron chi connectivity index (χ4n) is 3.71. The summed E-state index contributed by atoms with van der Waals surface area (Å²) in [5.41, 5.74) is -2.29. The van der Waals surface area contributed by atoms with E-state index in [4.69, 9.17) is 0 Å². The second kappa shape index (κ2) is 3.71. The molecule has 17 heavy (non-hydrogen) atoms. The number of hydrogen-bond acceptors (Lipinski definition) is 2. The molecule has 0 saturated heterocycles. The molecule has 3 nitrogen and oxygen atoms in total. The van der Waals surface area contributed by atoms with E-state index < -0.39 is 17.0 Å². The minimum Gasteiger partial charge on any atom is -0.481 e. The molecule has 1 aliphatic carbocycles. The van der Waals surface area contributed by atoms with Crippen LogP contribution in [-0.4, -0.2) is 21.8 Å². The minimum atomic E-state index is -1.13. The first-order valence-corrected chi connectivity index (χ1v) is 6.27. The maximum Gasteiger partial charge on any atom is 0.312 e. The first-order valence-electron chi connectivity index (χ1n) is 6.27. The van der Waals surface area contributed by atoms with E-state index >= 15 is 0 Å². The minimum absolute atomic E-state index is 0.0246. The van der Waals surface area contributed by atoms with Crippen molar-refractivity contribution in [3.63, 3.8) is 0 Å². The molecular weight excluding hydrogens is 216 g/mol. The number of carboxylic acid groups (broad SMARTS) is 1. The van der Waals surface area contributed by atoms with Crippen molar-refractivity contribution in [2.75, 3.05) is 0 Å². The number of aliphatic carboxylic acids is 1. The SMILES string of the molecule is CC1(C)CC(C)(C)CC(O)(C(C)(C)C(=O)O)C1. The zero-order chi connectivity index (χ0) is 13.7. The molecule has 0 aromatic carbocycles. The van der Waals surface area contributed by atoms with Crippen LogP contribution in [0.2, 0.25) is 0 Å². The maximum atomic E-state index is 11.4. The summed E-state index contributed by atoms with van der Waals surface area (Å²) in [6.45, 7) is 11.7. The van der Waals surface area contributed by atoms with Gasteiger partial charge in [-0.2, -0.15) is 0 Å². The van der Waals surface area contributed by atoms with Crippen molar-refractivity contribution in [3.05, 3.63) is 0 Å². The molecule has 0 aromatic heterocycles. The zero-order valence-corrected chi connectivity index (χ0v) is 11.9. The zero-order valence-electron chi connectivity index (χ0n) is 11.9. The molecular formula is C14H26O3. The van der Waals surface area contributed by atoms with Crippen LogP contribution in [0, 0.1) is 16.2 Å². The van der Waals surface area contributed by atoms with Gasteiger partial charge in [-0.15, -0.1) is 0 Å². The van der Waals surface area contributed by atoms with Crippen LogP contribution in [0.25, 0.3) is 0 Å². The normalized spacial score (nSPS) is 26.5. The lowest BCUT2D eigenvalue weighted by Crippen LogP contribution is -2.57. The molecule has 1 fully saturated rings. The summed E-state index contributed by atoms with van der Waals surface area (Å²) in [6, 6.07) is 0. The van der Waals surface area contributed by atoms with Crippen molar-refractivity contribution in [2.45, 2.75) is 66.4 Å². The predicted octanol–water partition coefficient (Wildman–Crippen LogP) is 3.06. The van der Waals surface area contributed by atoms with Gasteiger partial charge in [0.15, 0.2) is 0 Å². The Morgan fingerprint density at radius 1 is 1.00 bits per heavy atom. The smallest absolute Gasteiger partial charge is 0.312 e. The van der Waals surface area contributed by atoms with Crippen LogP contribution in [0.5, 0.6) is 0 Å². The Hall–Kier alpha value is -0.570. The van der Waals surface area contributed by atoms with Gasteiger partial charge in [0, 0.05) is 0 Å². The van der Waals surface area contributed by atoms with Crippen LogP contribution in [0.15, 0.2) is 0 Å². The van der Waals surface area contributed by atoms with Gasteiger partial charge in [0.25, 0.3) is 0 Å². The van der Waals surface area contributed by atoms with E-state index in [1.54, 1.807) is 13.8 Å². The highest BCUT2D eigenvalue weighted by Crippen LogP contribution is 2.55. The fraction of sp³-hybridized carbons (Fsp3) is 0.929. The highest BCUT2D eigenvalue weighted by Gasteiger charge is 2.56. The maximum absolute atomic E-state index is 11.4. The van der Waals surface area contributed by atoms with Crippen LogP contribution in [-0.2, 0) is 4.79 Å². The van der Waals surface area contributed by atoms with Crippen molar-refractivity contribution in [1.29, 1.82) is 0 Å². The molecule has 1 rings (SSSR count). The van der Waals surface area contributed by atoms with E-state index in [1.807, 2.05) is 0 Å². The third-order valence-electron chi connectivity index (χ3n) is 4.20. The van der Waals surface area contributed by atoms with E-state index in [0.717, 1.165) is 6.42 Å². The van der Waals surface area contributed by atoms with Gasteiger partial charge in [0.2, 0.25) is 0 Å². The highest BCUT2D eigenvalue weighted by molar-refractivity contribution is 5.75. The molecule has 1 aliphatic rings. The number of hydrogen-bond donors (Lipinski definition) is 2. The van der Waals surface area contributed by atoms with Crippen LogP contribution in [0.4, 0.5) is 0 Å². The van der Waals surface area contributed by atoms with Gasteiger partial charge in [-0.25, -0.2) is 0 Å². The largest absolute Gasteiger partial charge is 0.481 e. The first-order chi connectivity index (χ1) is 7.31. The van der Waals surface area contributed by atoms with Crippen molar-refractivity contribution < 1.29 is 15.0 Å². The Balaban J connectivity index is 3.16. The molecule has 0 aliphatic heterocycles. The fourth-order valence-corrected chi connectivity index (χ4v) is 3.71. The average Bonchev–Trinajstić information content (AvgIpc) is 1.95. The number of rotatable bonds is 2. The Bertz CT molecular complexity index is 310. The van der Waals surface area contributed by atoms with Gasteiger partial charge in [-0.05, 0) is 43.9 Å². The van der Waals surface area contributed by atoms with E-state index in [9.17, 15) is 15.0 Å². The second-order valence-corrected chi connectivity index (χ2v) is 7.82. The molecule has 3 heteroatoms. The van der Waals surface area contributed by atoms with Gasteiger partial charge in [-0.3, -0.25) is 4.79 Å². The molecule has 0 atom stereocenters. The Kier molecular flexibility index (Phi) is 3.16. The van der Waals surface area contributed by atoms with Gasteiger partial charge in [0.1, 0.15) is 0 Å². The summed E-state index contributed by atoms with van der Waals surface area (Å²) in [5.74, 6) is -0.923. The molecule has 0 unspecified atom stereocenters. The van der Waals surface area contributed by atoms with Crippen LogP contribution in [0.1, 0.15) is 60.8 Å². The van der Waals surface area contributed by atoms with Gasteiger partial charge in [0.05, 0.1) is 11.0 Å². The quantitative estimate of drug-likeness (QED) is 0.782. The van der Waals surface area contributed by atoms with E-state index in [2.05, 4.69) is 27.7 Å². The van der Waals surface area contributed by atoms with E-state index in [0.29, 0.717) is 12.8 Å². The molecule has 0 heterocycles. The average molecular weight is 242 g/mol. The standard InChI is InChI=1S/C14H26O3/c1-11(2)7-12(3,4)9-14(17,8-11)13(5,6)10(15)16/h17H,7-9H2,1-6H3,(H,15,16). The Labute approximate surface area is 104 Å². The third kappa shape index (κ3) is 2.65. The Morgan fingerprint density at radius 3 is 1.65 bits per heavy atom. The number of carbonyl (C=O) groups is 1. The molecule has 0 bridgehead atoms. The Morgan fingerprint density at radius 2 is 1.35 bits per heavy atom. The summed E-state index contributed by atoms with van der Waals surface area (Å²) in [7, 11) is 0. The third-order valence-corrected chi connectivity index (χ3v) is 4.20. The van der Waals surface area contributed by atoms with Crippen LogP contribution < -0.4 is 0 Å². The predicted molar refractivity (Wildman–Crippen MR) is 67.8 cm³/mol. The molecule has 0 radical (unpaired) electrons. The van der Waals surface area contributed by atoms with Gasteiger partial charge < -0.3 is 10.2 Å².